The van der Waals surface area contributed by atoms with Crippen molar-refractivity contribution < 1.29 is 0 Å². The van der Waals surface area contributed by atoms with Gasteiger partial charge in [0.15, 0.2) is 0 Å². The van der Waals surface area contributed by atoms with E-state index >= 15 is 0 Å². The van der Waals surface area contributed by atoms with E-state index in [1.165, 1.54) is 22.3 Å². The molecule has 17 heavy (non-hydrogen) atoms. The molecule has 0 atom stereocenters. The first-order chi connectivity index (χ1) is 8.00. The Morgan fingerprint density at radius 2 is 1.18 bits per heavy atom. The summed E-state index contributed by atoms with van der Waals surface area (Å²) in [7, 11) is 0. The SMILES string of the molecule is CC1(C)c2cc(S)ccc2-c2ccc(S)cc21. The number of rotatable bonds is 0. The summed E-state index contributed by atoms with van der Waals surface area (Å²) >= 11 is 8.89. The third kappa shape index (κ3) is 1.54. The lowest BCUT2D eigenvalue weighted by Gasteiger charge is -2.21. The predicted octanol–water partition coefficient (Wildman–Crippen LogP) is 4.57. The van der Waals surface area contributed by atoms with Crippen molar-refractivity contribution in [1.82, 2.24) is 0 Å². The summed E-state index contributed by atoms with van der Waals surface area (Å²) in [4.78, 5) is 2.05. The molecule has 2 heteroatoms. The van der Waals surface area contributed by atoms with Gasteiger partial charge in [0.1, 0.15) is 0 Å². The second kappa shape index (κ2) is 3.56. The molecule has 0 aromatic heterocycles. The van der Waals surface area contributed by atoms with Gasteiger partial charge in [-0.15, -0.1) is 25.3 Å². The number of fused-ring (bicyclic) bond motifs is 3. The highest BCUT2D eigenvalue weighted by Gasteiger charge is 2.35. The van der Waals surface area contributed by atoms with Gasteiger partial charge in [-0.05, 0) is 46.5 Å². The summed E-state index contributed by atoms with van der Waals surface area (Å²) in [5.41, 5.74) is 5.42. The van der Waals surface area contributed by atoms with Gasteiger partial charge in [-0.2, -0.15) is 0 Å². The average Bonchev–Trinajstić information content (AvgIpc) is 2.49. The lowest BCUT2D eigenvalue weighted by atomic mass is 9.82. The summed E-state index contributed by atoms with van der Waals surface area (Å²) < 4.78 is 0. The largest absolute Gasteiger partial charge is 0.143 e. The average molecular weight is 258 g/mol. The zero-order chi connectivity index (χ0) is 12.2. The Balaban J connectivity index is 2.37. The minimum absolute atomic E-state index is 0.0438. The first-order valence-electron chi connectivity index (χ1n) is 5.67. The molecule has 0 spiro atoms. The van der Waals surface area contributed by atoms with Crippen molar-refractivity contribution in [2.45, 2.75) is 29.1 Å². The predicted molar refractivity (Wildman–Crippen MR) is 78.5 cm³/mol. The lowest BCUT2D eigenvalue weighted by Crippen LogP contribution is -2.14. The normalized spacial score (nSPS) is 15.5. The van der Waals surface area contributed by atoms with Crippen LogP contribution in [0.3, 0.4) is 0 Å². The maximum atomic E-state index is 4.45. The Hall–Kier alpha value is -0.860. The zero-order valence-corrected chi connectivity index (χ0v) is 11.6. The maximum Gasteiger partial charge on any atom is 0.0159 e. The van der Waals surface area contributed by atoms with Crippen LogP contribution in [0, 0.1) is 0 Å². The molecule has 0 aliphatic heterocycles. The van der Waals surface area contributed by atoms with Crippen LogP contribution in [0.2, 0.25) is 0 Å². The van der Waals surface area contributed by atoms with Crippen LogP contribution in [-0.4, -0.2) is 0 Å². The van der Waals surface area contributed by atoms with Gasteiger partial charge in [-0.25, -0.2) is 0 Å². The molecule has 0 saturated carbocycles. The second-order valence-electron chi connectivity index (χ2n) is 5.08. The van der Waals surface area contributed by atoms with E-state index in [0.29, 0.717) is 0 Å². The number of hydrogen-bond donors (Lipinski definition) is 2. The van der Waals surface area contributed by atoms with E-state index in [2.05, 4.69) is 75.5 Å². The monoisotopic (exact) mass is 258 g/mol. The van der Waals surface area contributed by atoms with Gasteiger partial charge >= 0.3 is 0 Å². The van der Waals surface area contributed by atoms with Crippen molar-refractivity contribution in [1.29, 1.82) is 0 Å². The molecule has 0 radical (unpaired) electrons. The third-order valence-electron chi connectivity index (χ3n) is 3.64. The van der Waals surface area contributed by atoms with Crippen molar-refractivity contribution in [2.75, 3.05) is 0 Å². The van der Waals surface area contributed by atoms with Gasteiger partial charge < -0.3 is 0 Å². The highest BCUT2D eigenvalue weighted by atomic mass is 32.1. The number of thiol groups is 2. The van der Waals surface area contributed by atoms with E-state index in [1.807, 2.05) is 0 Å². The first kappa shape index (κ1) is 11.2. The highest BCUT2D eigenvalue weighted by Crippen LogP contribution is 2.49. The van der Waals surface area contributed by atoms with Crippen LogP contribution in [0.1, 0.15) is 25.0 Å². The van der Waals surface area contributed by atoms with Crippen LogP contribution in [0.15, 0.2) is 46.2 Å². The molecule has 0 N–H and O–H groups in total. The molecule has 86 valence electrons. The standard InChI is InChI=1S/C15H14S2/c1-15(2)13-7-9(16)3-5-11(13)12-6-4-10(17)8-14(12)15/h3-8,16-17H,1-2H3. The number of hydrogen-bond acceptors (Lipinski definition) is 2. The molecule has 2 aromatic carbocycles. The molecular weight excluding hydrogens is 244 g/mol. The molecule has 0 heterocycles. The summed E-state index contributed by atoms with van der Waals surface area (Å²) in [5.74, 6) is 0. The van der Waals surface area contributed by atoms with E-state index in [1.54, 1.807) is 0 Å². The van der Waals surface area contributed by atoms with Crippen LogP contribution in [0.25, 0.3) is 11.1 Å². The Labute approximate surface area is 113 Å². The lowest BCUT2D eigenvalue weighted by molar-refractivity contribution is 0.657. The van der Waals surface area contributed by atoms with Crippen LogP contribution in [-0.2, 0) is 5.41 Å². The molecule has 0 saturated heterocycles. The van der Waals surface area contributed by atoms with Crippen LogP contribution < -0.4 is 0 Å². The second-order valence-corrected chi connectivity index (χ2v) is 6.12. The molecule has 0 amide bonds. The molecule has 1 aliphatic carbocycles. The molecule has 0 bridgehead atoms. The molecule has 3 rings (SSSR count). The van der Waals surface area contributed by atoms with Crippen molar-refractivity contribution in [3.63, 3.8) is 0 Å². The minimum atomic E-state index is 0.0438. The fourth-order valence-corrected chi connectivity index (χ4v) is 3.12. The van der Waals surface area contributed by atoms with Gasteiger partial charge in [-0.3, -0.25) is 0 Å². The van der Waals surface area contributed by atoms with Gasteiger partial charge in [0.25, 0.3) is 0 Å². The third-order valence-corrected chi connectivity index (χ3v) is 4.20. The molecular formula is C15H14S2. The highest BCUT2D eigenvalue weighted by molar-refractivity contribution is 7.80. The Morgan fingerprint density at radius 3 is 1.59 bits per heavy atom. The van der Waals surface area contributed by atoms with Crippen molar-refractivity contribution in [2.24, 2.45) is 0 Å². The minimum Gasteiger partial charge on any atom is -0.143 e. The smallest absolute Gasteiger partial charge is 0.0159 e. The van der Waals surface area contributed by atoms with Gasteiger partial charge in [0.05, 0.1) is 0 Å². The van der Waals surface area contributed by atoms with Crippen LogP contribution in [0.5, 0.6) is 0 Å². The summed E-state index contributed by atoms with van der Waals surface area (Å²) in [5, 5.41) is 0. The fraction of sp³-hybridized carbons (Fsp3) is 0.200. The molecule has 2 aromatic rings. The quantitative estimate of drug-likeness (QED) is 0.635. The van der Waals surface area contributed by atoms with Gasteiger partial charge in [-0.1, -0.05) is 26.0 Å². The van der Waals surface area contributed by atoms with Crippen LogP contribution >= 0.6 is 25.3 Å². The molecule has 0 nitrogen and oxygen atoms in total. The summed E-state index contributed by atoms with van der Waals surface area (Å²) in [6.45, 7) is 4.52. The Morgan fingerprint density at radius 1 is 0.765 bits per heavy atom. The Kier molecular flexibility index (Phi) is 2.36. The maximum absolute atomic E-state index is 4.45. The van der Waals surface area contributed by atoms with E-state index in [9.17, 15) is 0 Å². The topological polar surface area (TPSA) is 0 Å². The van der Waals surface area contributed by atoms with Crippen molar-refractivity contribution in [3.8, 4) is 11.1 Å². The van der Waals surface area contributed by atoms with E-state index in [-0.39, 0.29) is 5.41 Å². The molecule has 0 unspecified atom stereocenters. The van der Waals surface area contributed by atoms with E-state index in [4.69, 9.17) is 0 Å². The summed E-state index contributed by atoms with van der Waals surface area (Å²) in [6, 6.07) is 12.8. The summed E-state index contributed by atoms with van der Waals surface area (Å²) in [6.07, 6.45) is 0. The van der Waals surface area contributed by atoms with Crippen molar-refractivity contribution in [3.05, 3.63) is 47.5 Å². The van der Waals surface area contributed by atoms with E-state index < -0.39 is 0 Å². The Bertz CT molecular complexity index is 559. The first-order valence-corrected chi connectivity index (χ1v) is 6.57. The number of benzene rings is 2. The van der Waals surface area contributed by atoms with Crippen molar-refractivity contribution >= 4 is 25.3 Å². The molecule has 0 fully saturated rings. The van der Waals surface area contributed by atoms with Gasteiger partial charge in [0.2, 0.25) is 0 Å². The van der Waals surface area contributed by atoms with Gasteiger partial charge in [0, 0.05) is 15.2 Å². The zero-order valence-electron chi connectivity index (χ0n) is 9.86. The fourth-order valence-electron chi connectivity index (χ4n) is 2.71. The van der Waals surface area contributed by atoms with Crippen LogP contribution in [0.4, 0.5) is 0 Å². The van der Waals surface area contributed by atoms with E-state index in [0.717, 1.165) is 9.79 Å². The molecule has 1 aliphatic rings.